The van der Waals surface area contributed by atoms with Crippen LogP contribution in [0.1, 0.15) is 68.1 Å². The first kappa shape index (κ1) is 19.0. The molecule has 2 aromatic rings. The van der Waals surface area contributed by atoms with Gasteiger partial charge in [0.25, 0.3) is 0 Å². The molecular weight excluding hydrogens is 343 g/mol. The maximum atomic E-state index is 13.0. The van der Waals surface area contributed by atoms with Crippen LogP contribution in [0.25, 0.3) is 0 Å². The maximum Gasteiger partial charge on any atom is 0.123 e. The summed E-state index contributed by atoms with van der Waals surface area (Å²) in [6.07, 6.45) is 12.9. The van der Waals surface area contributed by atoms with E-state index in [1.165, 1.54) is 56.2 Å². The normalized spacial score (nSPS) is 27.1. The van der Waals surface area contributed by atoms with E-state index < -0.39 is 0 Å². The lowest BCUT2D eigenvalue weighted by molar-refractivity contribution is 0.133. The van der Waals surface area contributed by atoms with Gasteiger partial charge in [0.2, 0.25) is 0 Å². The van der Waals surface area contributed by atoms with E-state index in [-0.39, 0.29) is 5.82 Å². The van der Waals surface area contributed by atoms with Gasteiger partial charge in [-0.3, -0.25) is 0 Å². The second kappa shape index (κ2) is 8.78. The Kier molecular flexibility index (Phi) is 5.96. The summed E-state index contributed by atoms with van der Waals surface area (Å²) < 4.78 is 13.0. The highest BCUT2D eigenvalue weighted by molar-refractivity contribution is 5.43. The SMILES string of the molecule is C/C=C/C1CCC2CC(c3ccc(C#Cc4ccc(F)cc4)cc3)CCC2C1. The van der Waals surface area contributed by atoms with Crippen LogP contribution < -0.4 is 0 Å². The molecule has 0 heterocycles. The largest absolute Gasteiger partial charge is 0.207 e. The Morgan fingerprint density at radius 2 is 1.39 bits per heavy atom. The summed E-state index contributed by atoms with van der Waals surface area (Å²) in [5, 5.41) is 0. The van der Waals surface area contributed by atoms with Crippen LogP contribution in [-0.2, 0) is 0 Å². The first-order chi connectivity index (χ1) is 13.7. The third-order valence-electron chi connectivity index (χ3n) is 6.70. The Bertz CT molecular complexity index is 863. The molecule has 0 spiro atoms. The summed E-state index contributed by atoms with van der Waals surface area (Å²) in [6, 6.07) is 15.2. The lowest BCUT2D eigenvalue weighted by atomic mass is 9.64. The van der Waals surface area contributed by atoms with Gasteiger partial charge in [-0.05, 0) is 111 Å². The fourth-order valence-electron chi connectivity index (χ4n) is 5.19. The molecule has 2 aliphatic rings. The third-order valence-corrected chi connectivity index (χ3v) is 6.70. The van der Waals surface area contributed by atoms with Crippen molar-refractivity contribution >= 4 is 0 Å². The zero-order valence-electron chi connectivity index (χ0n) is 16.7. The first-order valence-electron chi connectivity index (χ1n) is 10.7. The molecule has 28 heavy (non-hydrogen) atoms. The molecule has 0 radical (unpaired) electrons. The van der Waals surface area contributed by atoms with Crippen LogP contribution in [0.4, 0.5) is 4.39 Å². The predicted octanol–water partition coefficient (Wildman–Crippen LogP) is 7.10. The van der Waals surface area contributed by atoms with Gasteiger partial charge < -0.3 is 0 Å². The van der Waals surface area contributed by atoms with Gasteiger partial charge in [-0.25, -0.2) is 4.39 Å². The van der Waals surface area contributed by atoms with Crippen molar-refractivity contribution in [3.05, 3.63) is 83.2 Å². The van der Waals surface area contributed by atoms with Gasteiger partial charge in [0.15, 0.2) is 0 Å². The molecule has 2 aromatic carbocycles. The van der Waals surface area contributed by atoms with Gasteiger partial charge in [0, 0.05) is 11.1 Å². The number of hydrogen-bond donors (Lipinski definition) is 0. The van der Waals surface area contributed by atoms with E-state index in [0.717, 1.165) is 28.9 Å². The van der Waals surface area contributed by atoms with Gasteiger partial charge in [0.1, 0.15) is 5.82 Å². The first-order valence-corrected chi connectivity index (χ1v) is 10.7. The standard InChI is InChI=1S/C27H29F/c1-2-3-22-8-13-26-19-25(15-14-24(26)18-22)23-11-6-20(7-12-23)4-5-21-9-16-27(28)17-10-21/h2-3,6-7,9-12,16-17,22,24-26H,8,13-15,18-19H2,1H3/b3-2+. The summed E-state index contributed by atoms with van der Waals surface area (Å²) in [5.74, 6) is 9.47. The van der Waals surface area contributed by atoms with Crippen molar-refractivity contribution in [2.45, 2.75) is 51.4 Å². The number of rotatable bonds is 2. The molecule has 1 heteroatoms. The van der Waals surface area contributed by atoms with Gasteiger partial charge in [0.05, 0.1) is 0 Å². The number of allylic oxidation sites excluding steroid dienone is 2. The summed E-state index contributed by atoms with van der Waals surface area (Å²) in [7, 11) is 0. The Morgan fingerprint density at radius 3 is 2.07 bits per heavy atom. The fourth-order valence-corrected chi connectivity index (χ4v) is 5.19. The van der Waals surface area contributed by atoms with Gasteiger partial charge in [-0.15, -0.1) is 0 Å². The van der Waals surface area contributed by atoms with E-state index in [4.69, 9.17) is 0 Å². The topological polar surface area (TPSA) is 0 Å². The van der Waals surface area contributed by atoms with Crippen LogP contribution in [0.2, 0.25) is 0 Å². The molecule has 144 valence electrons. The quantitative estimate of drug-likeness (QED) is 0.389. The number of hydrogen-bond acceptors (Lipinski definition) is 0. The molecule has 4 unspecified atom stereocenters. The highest BCUT2D eigenvalue weighted by Gasteiger charge is 2.35. The van der Waals surface area contributed by atoms with Gasteiger partial charge in [-0.2, -0.15) is 0 Å². The summed E-state index contributed by atoms with van der Waals surface area (Å²) >= 11 is 0. The van der Waals surface area contributed by atoms with Crippen molar-refractivity contribution in [2.24, 2.45) is 17.8 Å². The molecular formula is C27H29F. The van der Waals surface area contributed by atoms with E-state index in [1.54, 1.807) is 12.1 Å². The number of fused-ring (bicyclic) bond motifs is 1. The van der Waals surface area contributed by atoms with E-state index in [2.05, 4.69) is 55.2 Å². The minimum atomic E-state index is -0.222. The zero-order valence-corrected chi connectivity index (χ0v) is 16.7. The monoisotopic (exact) mass is 372 g/mol. The summed E-state index contributed by atoms with van der Waals surface area (Å²) in [4.78, 5) is 0. The summed E-state index contributed by atoms with van der Waals surface area (Å²) in [6.45, 7) is 2.15. The molecule has 0 nitrogen and oxygen atoms in total. The average molecular weight is 373 g/mol. The molecule has 2 saturated carbocycles. The third kappa shape index (κ3) is 4.56. The molecule has 0 saturated heterocycles. The molecule has 0 bridgehead atoms. The lowest BCUT2D eigenvalue weighted by Crippen LogP contribution is -2.30. The Hall–Kier alpha value is -2.33. The van der Waals surface area contributed by atoms with Crippen LogP contribution in [-0.4, -0.2) is 0 Å². The minimum absolute atomic E-state index is 0.222. The van der Waals surface area contributed by atoms with Crippen LogP contribution in [0, 0.1) is 35.4 Å². The van der Waals surface area contributed by atoms with Crippen LogP contribution >= 0.6 is 0 Å². The molecule has 0 aromatic heterocycles. The highest BCUT2D eigenvalue weighted by Crippen LogP contribution is 2.47. The van der Waals surface area contributed by atoms with E-state index >= 15 is 0 Å². The predicted molar refractivity (Wildman–Crippen MR) is 115 cm³/mol. The van der Waals surface area contributed by atoms with Gasteiger partial charge in [-0.1, -0.05) is 36.1 Å². The van der Waals surface area contributed by atoms with Crippen LogP contribution in [0.3, 0.4) is 0 Å². The van der Waals surface area contributed by atoms with Crippen molar-refractivity contribution in [3.63, 3.8) is 0 Å². The fraction of sp³-hybridized carbons (Fsp3) is 0.407. The molecule has 4 rings (SSSR count). The van der Waals surface area contributed by atoms with Crippen LogP contribution in [0.15, 0.2) is 60.7 Å². The minimum Gasteiger partial charge on any atom is -0.207 e. The second-order valence-electron chi connectivity index (χ2n) is 8.51. The van der Waals surface area contributed by atoms with Crippen LogP contribution in [0.5, 0.6) is 0 Å². The van der Waals surface area contributed by atoms with Gasteiger partial charge >= 0.3 is 0 Å². The van der Waals surface area contributed by atoms with E-state index in [1.807, 2.05) is 0 Å². The molecule has 2 fully saturated rings. The number of benzene rings is 2. The van der Waals surface area contributed by atoms with E-state index in [9.17, 15) is 4.39 Å². The maximum absolute atomic E-state index is 13.0. The molecule has 0 N–H and O–H groups in total. The number of halogens is 1. The van der Waals surface area contributed by atoms with Crippen molar-refractivity contribution < 1.29 is 4.39 Å². The van der Waals surface area contributed by atoms with Crippen molar-refractivity contribution in [2.75, 3.05) is 0 Å². The lowest BCUT2D eigenvalue weighted by Gasteiger charge is -2.41. The van der Waals surface area contributed by atoms with Crippen molar-refractivity contribution in [3.8, 4) is 11.8 Å². The Morgan fingerprint density at radius 1 is 0.786 bits per heavy atom. The molecule has 0 aliphatic heterocycles. The average Bonchev–Trinajstić information content (AvgIpc) is 2.74. The van der Waals surface area contributed by atoms with Crippen molar-refractivity contribution in [1.82, 2.24) is 0 Å². The highest BCUT2D eigenvalue weighted by atomic mass is 19.1. The second-order valence-corrected chi connectivity index (χ2v) is 8.51. The smallest absolute Gasteiger partial charge is 0.123 e. The molecule has 2 aliphatic carbocycles. The van der Waals surface area contributed by atoms with Crippen molar-refractivity contribution in [1.29, 1.82) is 0 Å². The Labute approximate surface area is 168 Å². The molecule has 0 amide bonds. The zero-order chi connectivity index (χ0) is 19.3. The Balaban J connectivity index is 1.38. The summed E-state index contributed by atoms with van der Waals surface area (Å²) in [5.41, 5.74) is 3.34. The molecule has 4 atom stereocenters. The van der Waals surface area contributed by atoms with E-state index in [0.29, 0.717) is 5.92 Å².